The van der Waals surface area contributed by atoms with Crippen LogP contribution in [0.4, 0.5) is 11.4 Å². The summed E-state index contributed by atoms with van der Waals surface area (Å²) < 4.78 is 0. The number of nitrogens with zero attached hydrogens (tertiary/aromatic N) is 1. The first-order valence-electron chi connectivity index (χ1n) is 8.22. The third-order valence-electron chi connectivity index (χ3n) is 4.19. The van der Waals surface area contributed by atoms with Gasteiger partial charge in [0.25, 0.3) is 0 Å². The summed E-state index contributed by atoms with van der Waals surface area (Å²) in [6.07, 6.45) is 7.01. The number of anilines is 1. The van der Waals surface area contributed by atoms with Gasteiger partial charge in [-0.3, -0.25) is 0 Å². The van der Waals surface area contributed by atoms with Crippen molar-refractivity contribution < 1.29 is 0 Å². The summed E-state index contributed by atoms with van der Waals surface area (Å²) in [6, 6.07) is 11.0. The summed E-state index contributed by atoms with van der Waals surface area (Å²) in [6.45, 7) is 4.47. The smallest absolute Gasteiger partial charge is 0.107 e. The molecule has 1 N–H and O–H groups in total. The van der Waals surface area contributed by atoms with Crippen molar-refractivity contribution in [2.45, 2.75) is 52.4 Å². The van der Waals surface area contributed by atoms with Crippen LogP contribution in [0.3, 0.4) is 0 Å². The fraction of sp³-hybridized carbons (Fsp3) is 0.421. The van der Waals surface area contributed by atoms with Gasteiger partial charge in [0.1, 0.15) is 5.84 Å². The van der Waals surface area contributed by atoms with Gasteiger partial charge >= 0.3 is 0 Å². The zero-order valence-corrected chi connectivity index (χ0v) is 13.1. The number of unbranched alkanes of at least 4 members (excludes halogenated alkanes) is 2. The molecule has 0 amide bonds. The largest absolute Gasteiger partial charge is 0.343 e. The number of nitrogens with one attached hydrogen (secondary N) is 1. The van der Waals surface area contributed by atoms with E-state index in [0.717, 1.165) is 18.7 Å². The maximum Gasteiger partial charge on any atom is 0.107 e. The maximum atomic E-state index is 4.96. The van der Waals surface area contributed by atoms with Crippen molar-refractivity contribution in [2.75, 3.05) is 5.32 Å². The molecule has 21 heavy (non-hydrogen) atoms. The highest BCUT2D eigenvalue weighted by Crippen LogP contribution is 2.39. The maximum absolute atomic E-state index is 4.96. The molecule has 2 heteroatoms. The molecular formula is C19H24N2. The van der Waals surface area contributed by atoms with E-state index < -0.39 is 0 Å². The minimum absolute atomic E-state index is 1.04. The second kappa shape index (κ2) is 6.30. The monoisotopic (exact) mass is 280 g/mol. The molecule has 110 valence electrons. The molecule has 0 spiro atoms. The van der Waals surface area contributed by atoms with E-state index in [4.69, 9.17) is 4.99 Å². The molecule has 1 heterocycles. The predicted molar refractivity (Wildman–Crippen MR) is 92.8 cm³/mol. The van der Waals surface area contributed by atoms with E-state index in [1.54, 1.807) is 0 Å². The van der Waals surface area contributed by atoms with Crippen LogP contribution < -0.4 is 5.32 Å². The minimum atomic E-state index is 1.04. The molecule has 2 aromatic rings. The highest BCUT2D eigenvalue weighted by atomic mass is 15.0. The summed E-state index contributed by atoms with van der Waals surface area (Å²) in [7, 11) is 0. The lowest BCUT2D eigenvalue weighted by molar-refractivity contribution is 0.795. The van der Waals surface area contributed by atoms with E-state index in [0.29, 0.717) is 0 Å². The molecule has 1 aliphatic heterocycles. The van der Waals surface area contributed by atoms with Crippen LogP contribution in [0.2, 0.25) is 0 Å². The van der Waals surface area contributed by atoms with Crippen molar-refractivity contribution in [3.05, 3.63) is 35.9 Å². The quantitative estimate of drug-likeness (QED) is 0.707. The van der Waals surface area contributed by atoms with Crippen LogP contribution in [0.5, 0.6) is 0 Å². The van der Waals surface area contributed by atoms with Gasteiger partial charge in [-0.2, -0.15) is 0 Å². The van der Waals surface area contributed by atoms with Crippen molar-refractivity contribution in [3.63, 3.8) is 0 Å². The Morgan fingerprint density at radius 2 is 1.76 bits per heavy atom. The Bertz CT molecular complexity index is 671. The van der Waals surface area contributed by atoms with Crippen LogP contribution >= 0.6 is 0 Å². The summed E-state index contributed by atoms with van der Waals surface area (Å²) in [5.74, 6) is 1.13. The van der Waals surface area contributed by atoms with E-state index in [9.17, 15) is 0 Å². The van der Waals surface area contributed by atoms with Gasteiger partial charge in [-0.15, -0.1) is 0 Å². The van der Waals surface area contributed by atoms with Crippen molar-refractivity contribution in [1.82, 2.24) is 0 Å². The first-order valence-corrected chi connectivity index (χ1v) is 8.22. The Morgan fingerprint density at radius 1 is 0.952 bits per heavy atom. The predicted octanol–water partition coefficient (Wildman–Crippen LogP) is 5.83. The number of benzene rings is 2. The SMILES string of the molecule is CCCCC1=Nc2c(CCCC)ccc3cccc(c23)N1. The summed E-state index contributed by atoms with van der Waals surface area (Å²) in [5.41, 5.74) is 3.83. The molecule has 0 unspecified atom stereocenters. The second-order valence-corrected chi connectivity index (χ2v) is 5.87. The van der Waals surface area contributed by atoms with Gasteiger partial charge in [0.2, 0.25) is 0 Å². The Balaban J connectivity index is 2.08. The number of amidine groups is 1. The van der Waals surface area contributed by atoms with E-state index in [1.807, 2.05) is 0 Å². The van der Waals surface area contributed by atoms with Crippen LogP contribution in [0.25, 0.3) is 10.8 Å². The number of hydrogen-bond donors (Lipinski definition) is 1. The Kier molecular flexibility index (Phi) is 4.23. The van der Waals surface area contributed by atoms with Crippen molar-refractivity contribution in [3.8, 4) is 0 Å². The molecule has 2 nitrogen and oxygen atoms in total. The van der Waals surface area contributed by atoms with Crippen molar-refractivity contribution in [2.24, 2.45) is 4.99 Å². The number of rotatable bonds is 6. The third-order valence-corrected chi connectivity index (χ3v) is 4.19. The summed E-state index contributed by atoms with van der Waals surface area (Å²) >= 11 is 0. The van der Waals surface area contributed by atoms with E-state index in [2.05, 4.69) is 49.5 Å². The molecule has 2 aromatic carbocycles. The molecule has 0 fully saturated rings. The Morgan fingerprint density at radius 3 is 2.57 bits per heavy atom. The molecule has 0 bridgehead atoms. The average molecular weight is 280 g/mol. The van der Waals surface area contributed by atoms with Crippen molar-refractivity contribution in [1.29, 1.82) is 0 Å². The van der Waals surface area contributed by atoms with Gasteiger partial charge in [-0.25, -0.2) is 4.99 Å². The third kappa shape index (κ3) is 2.80. The van der Waals surface area contributed by atoms with Gasteiger partial charge < -0.3 is 5.32 Å². The van der Waals surface area contributed by atoms with Crippen LogP contribution in [0.1, 0.15) is 51.5 Å². The van der Waals surface area contributed by atoms with Crippen LogP contribution in [-0.2, 0) is 6.42 Å². The van der Waals surface area contributed by atoms with Gasteiger partial charge in [0.05, 0.1) is 5.69 Å². The summed E-state index contributed by atoms with van der Waals surface area (Å²) in [4.78, 5) is 4.96. The van der Waals surface area contributed by atoms with Crippen molar-refractivity contribution >= 4 is 28.0 Å². The lowest BCUT2D eigenvalue weighted by Crippen LogP contribution is -2.15. The molecule has 0 atom stereocenters. The first kappa shape index (κ1) is 14.1. The van der Waals surface area contributed by atoms with E-state index >= 15 is 0 Å². The number of aryl methyl sites for hydroxylation is 1. The van der Waals surface area contributed by atoms with Crippen LogP contribution in [0, 0.1) is 0 Å². The number of aliphatic imine (C=N–C) groups is 1. The molecule has 3 rings (SSSR count). The highest BCUT2D eigenvalue weighted by molar-refractivity contribution is 6.14. The molecule has 0 radical (unpaired) electrons. The van der Waals surface area contributed by atoms with Gasteiger partial charge in [0, 0.05) is 17.5 Å². The Hall–Kier alpha value is -1.83. The number of hydrogen-bond acceptors (Lipinski definition) is 2. The van der Waals surface area contributed by atoms with Gasteiger partial charge in [0.15, 0.2) is 0 Å². The summed E-state index contributed by atoms with van der Waals surface area (Å²) in [5, 5.41) is 6.11. The standard InChI is InChI=1S/C19H24N2/c1-3-5-8-15-13-12-14-9-7-10-16-18(14)19(15)21-17(20-16)11-6-4-2/h7,9-10,12-13H,3-6,8,11H2,1-2H3,(H,20,21). The molecule has 1 aliphatic rings. The molecule has 0 aliphatic carbocycles. The van der Waals surface area contributed by atoms with E-state index in [-0.39, 0.29) is 0 Å². The molecule has 0 aromatic heterocycles. The normalized spacial score (nSPS) is 13.1. The van der Waals surface area contributed by atoms with Crippen LogP contribution in [-0.4, -0.2) is 5.84 Å². The topological polar surface area (TPSA) is 24.4 Å². The zero-order valence-electron chi connectivity index (χ0n) is 13.1. The first-order chi connectivity index (χ1) is 10.3. The minimum Gasteiger partial charge on any atom is -0.343 e. The fourth-order valence-electron chi connectivity index (χ4n) is 2.99. The molecular weight excluding hydrogens is 256 g/mol. The fourth-order valence-corrected chi connectivity index (χ4v) is 2.99. The Labute approximate surface area is 127 Å². The highest BCUT2D eigenvalue weighted by Gasteiger charge is 2.16. The average Bonchev–Trinajstić information content (AvgIpc) is 2.52. The van der Waals surface area contributed by atoms with Crippen LogP contribution in [0.15, 0.2) is 35.3 Å². The lowest BCUT2D eigenvalue weighted by atomic mass is 9.97. The van der Waals surface area contributed by atoms with Gasteiger partial charge in [-0.05, 0) is 36.3 Å². The van der Waals surface area contributed by atoms with E-state index in [1.165, 1.54) is 53.4 Å². The zero-order chi connectivity index (χ0) is 14.7. The molecule has 0 saturated carbocycles. The lowest BCUT2D eigenvalue weighted by Gasteiger charge is -2.21. The van der Waals surface area contributed by atoms with Gasteiger partial charge in [-0.1, -0.05) is 51.0 Å². The second-order valence-electron chi connectivity index (χ2n) is 5.87. The molecule has 0 saturated heterocycles.